The van der Waals surface area contributed by atoms with Crippen LogP contribution in [0.4, 0.5) is 0 Å². The van der Waals surface area contributed by atoms with Crippen molar-refractivity contribution in [3.05, 3.63) is 22.8 Å². The summed E-state index contributed by atoms with van der Waals surface area (Å²) < 4.78 is 0. The molecule has 0 aliphatic heterocycles. The molecular weight excluding hydrogens is 108 g/mol. The lowest BCUT2D eigenvalue weighted by Crippen LogP contribution is -2.06. The van der Waals surface area contributed by atoms with Crippen molar-refractivity contribution in [1.82, 2.24) is 0 Å². The lowest BCUT2D eigenvalue weighted by Gasteiger charge is -2.23. The molecule has 0 amide bonds. The summed E-state index contributed by atoms with van der Waals surface area (Å²) in [5.41, 5.74) is 5.29. The Morgan fingerprint density at radius 2 is 2.33 bits per heavy atom. The molecule has 9 heavy (non-hydrogen) atoms. The average molecular weight is 118 g/mol. The summed E-state index contributed by atoms with van der Waals surface area (Å²) in [6.07, 6.45) is 8.05. The van der Waals surface area contributed by atoms with Crippen LogP contribution in [0.3, 0.4) is 0 Å². The van der Waals surface area contributed by atoms with Gasteiger partial charge in [0.15, 0.2) is 0 Å². The van der Waals surface area contributed by atoms with Gasteiger partial charge in [-0.2, -0.15) is 0 Å². The first-order chi connectivity index (χ1) is 4.45. The number of fused-ring (bicyclic) bond motifs is 4. The molecular formula is C9H10. The number of rotatable bonds is 0. The van der Waals surface area contributed by atoms with Gasteiger partial charge in [-0.1, -0.05) is 11.6 Å². The van der Waals surface area contributed by atoms with Crippen LogP contribution in [0.1, 0.15) is 25.7 Å². The second-order valence-corrected chi connectivity index (χ2v) is 3.37. The molecule has 0 spiro atoms. The van der Waals surface area contributed by atoms with E-state index in [4.69, 9.17) is 0 Å². The number of hydrogen-bond donors (Lipinski definition) is 0. The van der Waals surface area contributed by atoms with Crippen LogP contribution in [0.25, 0.3) is 0 Å². The van der Waals surface area contributed by atoms with Crippen molar-refractivity contribution < 1.29 is 0 Å². The Labute approximate surface area is 55.3 Å². The summed E-state index contributed by atoms with van der Waals surface area (Å²) >= 11 is 0. The van der Waals surface area contributed by atoms with Gasteiger partial charge >= 0.3 is 0 Å². The van der Waals surface area contributed by atoms with Crippen LogP contribution in [0, 0.1) is 5.92 Å². The summed E-state index contributed by atoms with van der Waals surface area (Å²) in [6.45, 7) is 0. The van der Waals surface area contributed by atoms with Gasteiger partial charge in [0.25, 0.3) is 0 Å². The molecule has 0 heteroatoms. The van der Waals surface area contributed by atoms with Crippen molar-refractivity contribution in [2.45, 2.75) is 25.7 Å². The highest BCUT2D eigenvalue weighted by Gasteiger charge is 2.36. The van der Waals surface area contributed by atoms with Crippen LogP contribution in [-0.4, -0.2) is 0 Å². The Morgan fingerprint density at radius 3 is 2.78 bits per heavy atom. The van der Waals surface area contributed by atoms with Crippen LogP contribution in [-0.2, 0) is 0 Å². The third-order valence-corrected chi connectivity index (χ3v) is 3.03. The molecule has 0 radical (unpaired) electrons. The molecule has 3 aliphatic rings. The fraction of sp³-hybridized carbons (Fsp3) is 0.556. The first-order valence-electron chi connectivity index (χ1n) is 3.86. The number of hydrogen-bond acceptors (Lipinski definition) is 0. The van der Waals surface area contributed by atoms with Gasteiger partial charge in [-0.3, -0.25) is 0 Å². The van der Waals surface area contributed by atoms with Crippen LogP contribution in [0.2, 0.25) is 0 Å². The Balaban J connectivity index is 2.23. The van der Waals surface area contributed by atoms with E-state index in [-0.39, 0.29) is 0 Å². The normalized spacial score (nSPS) is 36.4. The smallest absolute Gasteiger partial charge is 0.0122 e. The quantitative estimate of drug-likeness (QED) is 0.458. The highest BCUT2D eigenvalue weighted by Crippen LogP contribution is 2.53. The van der Waals surface area contributed by atoms with Crippen molar-refractivity contribution in [2.75, 3.05) is 0 Å². The zero-order valence-corrected chi connectivity index (χ0v) is 5.48. The highest BCUT2D eigenvalue weighted by molar-refractivity contribution is 5.52. The van der Waals surface area contributed by atoms with Crippen molar-refractivity contribution in [3.8, 4) is 0 Å². The zero-order chi connectivity index (χ0) is 5.84. The van der Waals surface area contributed by atoms with Crippen LogP contribution < -0.4 is 0 Å². The zero-order valence-electron chi connectivity index (χ0n) is 5.48. The molecule has 1 atom stereocenters. The van der Waals surface area contributed by atoms with Gasteiger partial charge in [0.2, 0.25) is 0 Å². The van der Waals surface area contributed by atoms with E-state index in [2.05, 4.69) is 6.08 Å². The molecule has 1 unspecified atom stereocenters. The second kappa shape index (κ2) is 1.16. The van der Waals surface area contributed by atoms with E-state index >= 15 is 0 Å². The lowest BCUT2D eigenvalue weighted by molar-refractivity contribution is 0.622. The Bertz CT molecular complexity index is 230. The molecule has 0 N–H and O–H groups in total. The maximum atomic E-state index is 2.45. The number of allylic oxidation sites excluding steroid dienone is 4. The maximum absolute atomic E-state index is 2.45. The molecule has 0 nitrogen and oxygen atoms in total. The molecule has 3 rings (SSSR count). The van der Waals surface area contributed by atoms with Crippen molar-refractivity contribution >= 4 is 0 Å². The second-order valence-electron chi connectivity index (χ2n) is 3.37. The summed E-state index contributed by atoms with van der Waals surface area (Å²) in [5.74, 6) is 0.990. The summed E-state index contributed by atoms with van der Waals surface area (Å²) in [6, 6.07) is 0. The van der Waals surface area contributed by atoms with Crippen molar-refractivity contribution in [3.63, 3.8) is 0 Å². The van der Waals surface area contributed by atoms with E-state index in [0.29, 0.717) is 0 Å². The Kier molecular flexibility index (Phi) is 0.555. The summed E-state index contributed by atoms with van der Waals surface area (Å²) in [7, 11) is 0. The average Bonchev–Trinajstić information content (AvgIpc) is 2.18. The minimum absolute atomic E-state index is 0.990. The topological polar surface area (TPSA) is 0 Å². The van der Waals surface area contributed by atoms with Gasteiger partial charge in [-0.15, -0.1) is 0 Å². The predicted octanol–water partition coefficient (Wildman–Crippen LogP) is 2.43. The molecule has 0 heterocycles. The Morgan fingerprint density at radius 1 is 1.33 bits per heavy atom. The van der Waals surface area contributed by atoms with E-state index < -0.39 is 0 Å². The van der Waals surface area contributed by atoms with Gasteiger partial charge in [-0.05, 0) is 42.7 Å². The summed E-state index contributed by atoms with van der Waals surface area (Å²) in [4.78, 5) is 0. The molecule has 0 fully saturated rings. The largest absolute Gasteiger partial charge is 0.0804 e. The van der Waals surface area contributed by atoms with E-state index in [9.17, 15) is 0 Å². The minimum atomic E-state index is 0.990. The van der Waals surface area contributed by atoms with Crippen molar-refractivity contribution in [1.29, 1.82) is 0 Å². The van der Waals surface area contributed by atoms with Crippen LogP contribution in [0.15, 0.2) is 22.8 Å². The first-order valence-corrected chi connectivity index (χ1v) is 3.86. The first kappa shape index (κ1) is 4.32. The van der Waals surface area contributed by atoms with E-state index in [1.54, 1.807) is 11.1 Å². The standard InChI is InChI=1S/C9H10/c1-2-7-5-6(1)8-3-4-9(7)8/h1,7H,2-5H2. The van der Waals surface area contributed by atoms with Gasteiger partial charge in [0, 0.05) is 0 Å². The molecule has 0 aromatic rings. The van der Waals surface area contributed by atoms with Gasteiger partial charge in [-0.25, -0.2) is 0 Å². The molecule has 2 bridgehead atoms. The monoisotopic (exact) mass is 118 g/mol. The summed E-state index contributed by atoms with van der Waals surface area (Å²) in [5, 5.41) is 0. The third kappa shape index (κ3) is 0.346. The fourth-order valence-electron chi connectivity index (χ4n) is 2.44. The van der Waals surface area contributed by atoms with Crippen molar-refractivity contribution in [2.24, 2.45) is 5.92 Å². The van der Waals surface area contributed by atoms with E-state index in [1.165, 1.54) is 25.7 Å². The molecule has 0 aromatic heterocycles. The SMILES string of the molecule is C1=C2CC(C1)C1=C2CC1. The Hall–Kier alpha value is -0.520. The fourth-order valence-corrected chi connectivity index (χ4v) is 2.44. The van der Waals surface area contributed by atoms with Gasteiger partial charge in [0.05, 0.1) is 0 Å². The lowest BCUT2D eigenvalue weighted by atomic mass is 9.82. The van der Waals surface area contributed by atoms with Crippen LogP contribution in [0.5, 0.6) is 0 Å². The maximum Gasteiger partial charge on any atom is -0.0122 e. The van der Waals surface area contributed by atoms with E-state index in [0.717, 1.165) is 5.92 Å². The molecule has 3 aliphatic carbocycles. The molecule has 46 valence electrons. The van der Waals surface area contributed by atoms with E-state index in [1.807, 2.05) is 5.57 Å². The molecule has 0 saturated heterocycles. The molecule has 0 aromatic carbocycles. The van der Waals surface area contributed by atoms with Gasteiger partial charge < -0.3 is 0 Å². The van der Waals surface area contributed by atoms with Gasteiger partial charge in [0.1, 0.15) is 0 Å². The molecule has 0 saturated carbocycles. The third-order valence-electron chi connectivity index (χ3n) is 3.03. The van der Waals surface area contributed by atoms with Crippen LogP contribution >= 0.6 is 0 Å². The minimum Gasteiger partial charge on any atom is -0.0804 e. The predicted molar refractivity (Wildman–Crippen MR) is 37.1 cm³/mol. The highest BCUT2D eigenvalue weighted by atomic mass is 14.4.